The van der Waals surface area contributed by atoms with Gasteiger partial charge in [-0.05, 0) is 28.1 Å². The Hall–Kier alpha value is -1.20. The van der Waals surface area contributed by atoms with E-state index in [0.29, 0.717) is 22.4 Å². The zero-order valence-electron chi connectivity index (χ0n) is 8.37. The van der Waals surface area contributed by atoms with Crippen molar-refractivity contribution < 1.29 is 9.50 Å². The molecular formula is C11H10BrFN2O. The van der Waals surface area contributed by atoms with Crippen molar-refractivity contribution in [2.24, 2.45) is 0 Å². The molecule has 0 spiro atoms. The number of hydrogen-bond acceptors (Lipinski definition) is 2. The average molecular weight is 285 g/mol. The molecule has 3 nitrogen and oxygen atoms in total. The molecule has 1 heterocycles. The molecule has 0 aliphatic heterocycles. The van der Waals surface area contributed by atoms with Gasteiger partial charge in [-0.15, -0.1) is 0 Å². The Morgan fingerprint density at radius 2 is 2.25 bits per heavy atom. The van der Waals surface area contributed by atoms with Gasteiger partial charge in [0.2, 0.25) is 0 Å². The Kier molecular flexibility index (Phi) is 3.36. The summed E-state index contributed by atoms with van der Waals surface area (Å²) in [5, 5.41) is 8.84. The molecule has 2 rings (SSSR count). The van der Waals surface area contributed by atoms with Crippen LogP contribution in [-0.4, -0.2) is 21.7 Å². The summed E-state index contributed by atoms with van der Waals surface area (Å²) < 4.78 is 13.7. The lowest BCUT2D eigenvalue weighted by atomic mass is 10.2. The maximum absolute atomic E-state index is 13.0. The van der Waals surface area contributed by atoms with Gasteiger partial charge < -0.3 is 10.1 Å². The van der Waals surface area contributed by atoms with Crippen LogP contribution < -0.4 is 0 Å². The minimum absolute atomic E-state index is 0.0450. The summed E-state index contributed by atoms with van der Waals surface area (Å²) in [7, 11) is 0. The number of imidazole rings is 1. The molecule has 0 amide bonds. The first kappa shape index (κ1) is 11.3. The van der Waals surface area contributed by atoms with E-state index in [0.717, 1.165) is 5.69 Å². The Bertz CT molecular complexity index is 498. The lowest BCUT2D eigenvalue weighted by molar-refractivity contribution is 0.298. The number of aromatic nitrogens is 2. The van der Waals surface area contributed by atoms with Crippen LogP contribution in [0.25, 0.3) is 11.4 Å². The average Bonchev–Trinajstić information content (AvgIpc) is 2.61. The Morgan fingerprint density at radius 1 is 1.44 bits per heavy atom. The van der Waals surface area contributed by atoms with E-state index in [-0.39, 0.29) is 12.4 Å². The number of aromatic amines is 1. The number of nitrogens with zero attached hydrogens (tertiary/aromatic N) is 1. The summed E-state index contributed by atoms with van der Waals surface area (Å²) in [6.07, 6.45) is 0.489. The zero-order valence-corrected chi connectivity index (χ0v) is 9.96. The predicted molar refractivity (Wildman–Crippen MR) is 62.5 cm³/mol. The Morgan fingerprint density at radius 3 is 2.94 bits per heavy atom. The molecule has 0 radical (unpaired) electrons. The first-order chi connectivity index (χ1) is 7.70. The number of aliphatic hydroxyl groups excluding tert-OH is 1. The van der Waals surface area contributed by atoms with Crippen LogP contribution in [0.1, 0.15) is 5.69 Å². The van der Waals surface area contributed by atoms with Gasteiger partial charge in [-0.2, -0.15) is 0 Å². The summed E-state index contributed by atoms with van der Waals surface area (Å²) >= 11 is 3.29. The van der Waals surface area contributed by atoms with E-state index in [1.165, 1.54) is 12.1 Å². The standard InChI is InChI=1S/C11H10BrFN2O/c12-10-9(4-5-16)14-11(15-10)7-2-1-3-8(13)6-7/h1-3,6,16H,4-5H2,(H,14,15). The highest BCUT2D eigenvalue weighted by atomic mass is 79.9. The molecule has 1 aromatic heterocycles. The van der Waals surface area contributed by atoms with Crippen LogP contribution in [0.3, 0.4) is 0 Å². The molecule has 0 saturated heterocycles. The van der Waals surface area contributed by atoms with E-state index in [4.69, 9.17) is 5.11 Å². The number of aliphatic hydroxyl groups is 1. The highest BCUT2D eigenvalue weighted by Gasteiger charge is 2.09. The van der Waals surface area contributed by atoms with Gasteiger partial charge in [0.15, 0.2) is 0 Å². The third-order valence-electron chi connectivity index (χ3n) is 2.19. The highest BCUT2D eigenvalue weighted by Crippen LogP contribution is 2.22. The molecular weight excluding hydrogens is 275 g/mol. The van der Waals surface area contributed by atoms with Crippen molar-refractivity contribution in [3.63, 3.8) is 0 Å². The molecule has 0 unspecified atom stereocenters. The van der Waals surface area contributed by atoms with Gasteiger partial charge in [-0.3, -0.25) is 0 Å². The quantitative estimate of drug-likeness (QED) is 0.910. The second kappa shape index (κ2) is 4.76. The molecule has 84 valence electrons. The normalized spacial score (nSPS) is 10.7. The zero-order chi connectivity index (χ0) is 11.5. The molecule has 0 aliphatic rings. The topological polar surface area (TPSA) is 48.9 Å². The third kappa shape index (κ3) is 2.31. The SMILES string of the molecule is OCCc1[nH]c(-c2cccc(F)c2)nc1Br. The van der Waals surface area contributed by atoms with Crippen molar-refractivity contribution in [2.45, 2.75) is 6.42 Å². The van der Waals surface area contributed by atoms with Crippen molar-refractivity contribution in [1.29, 1.82) is 0 Å². The van der Waals surface area contributed by atoms with Gasteiger partial charge in [-0.1, -0.05) is 12.1 Å². The maximum Gasteiger partial charge on any atom is 0.139 e. The van der Waals surface area contributed by atoms with Crippen LogP contribution in [-0.2, 0) is 6.42 Å². The Balaban J connectivity index is 2.37. The number of hydrogen-bond donors (Lipinski definition) is 2. The van der Waals surface area contributed by atoms with E-state index in [2.05, 4.69) is 25.9 Å². The first-order valence-electron chi connectivity index (χ1n) is 4.82. The minimum atomic E-state index is -0.297. The van der Waals surface area contributed by atoms with Crippen molar-refractivity contribution in [3.8, 4) is 11.4 Å². The van der Waals surface area contributed by atoms with Gasteiger partial charge in [0, 0.05) is 18.6 Å². The minimum Gasteiger partial charge on any atom is -0.396 e. The van der Waals surface area contributed by atoms with E-state index in [9.17, 15) is 4.39 Å². The van der Waals surface area contributed by atoms with E-state index in [1.807, 2.05) is 0 Å². The number of benzene rings is 1. The summed E-state index contributed by atoms with van der Waals surface area (Å²) in [6.45, 7) is 0.0450. The molecule has 2 N–H and O–H groups in total. The van der Waals surface area contributed by atoms with Crippen LogP contribution in [0.15, 0.2) is 28.9 Å². The lowest BCUT2D eigenvalue weighted by Crippen LogP contribution is -1.91. The number of rotatable bonds is 3. The van der Waals surface area contributed by atoms with Crippen molar-refractivity contribution >= 4 is 15.9 Å². The molecule has 0 fully saturated rings. The van der Waals surface area contributed by atoms with Gasteiger partial charge in [0.25, 0.3) is 0 Å². The first-order valence-corrected chi connectivity index (χ1v) is 5.61. The molecule has 16 heavy (non-hydrogen) atoms. The molecule has 2 aromatic rings. The van der Waals surface area contributed by atoms with Gasteiger partial charge in [-0.25, -0.2) is 9.37 Å². The summed E-state index contributed by atoms with van der Waals surface area (Å²) in [5.41, 5.74) is 1.49. The fourth-order valence-electron chi connectivity index (χ4n) is 1.44. The summed E-state index contributed by atoms with van der Waals surface area (Å²) in [4.78, 5) is 7.27. The number of nitrogens with one attached hydrogen (secondary N) is 1. The van der Waals surface area contributed by atoms with Crippen LogP contribution in [0.5, 0.6) is 0 Å². The highest BCUT2D eigenvalue weighted by molar-refractivity contribution is 9.10. The molecule has 5 heteroatoms. The largest absolute Gasteiger partial charge is 0.396 e. The second-order valence-corrected chi connectivity index (χ2v) is 4.09. The van der Waals surface area contributed by atoms with E-state index < -0.39 is 0 Å². The van der Waals surface area contributed by atoms with E-state index in [1.54, 1.807) is 12.1 Å². The fourth-order valence-corrected chi connectivity index (χ4v) is 1.91. The molecule has 0 aliphatic carbocycles. The predicted octanol–water partition coefficient (Wildman–Crippen LogP) is 2.51. The van der Waals surface area contributed by atoms with Crippen LogP contribution in [0.4, 0.5) is 4.39 Å². The Labute approximate surface area is 100 Å². The second-order valence-electron chi connectivity index (χ2n) is 3.34. The number of H-pyrrole nitrogens is 1. The third-order valence-corrected chi connectivity index (χ3v) is 2.84. The molecule has 0 atom stereocenters. The molecule has 0 saturated carbocycles. The van der Waals surface area contributed by atoms with Crippen LogP contribution in [0, 0.1) is 5.82 Å². The van der Waals surface area contributed by atoms with Gasteiger partial charge in [0.05, 0.1) is 5.69 Å². The fraction of sp³-hybridized carbons (Fsp3) is 0.182. The maximum atomic E-state index is 13.0. The van der Waals surface area contributed by atoms with Gasteiger partial charge in [0.1, 0.15) is 16.2 Å². The number of halogens is 2. The van der Waals surface area contributed by atoms with Crippen molar-refractivity contribution in [2.75, 3.05) is 6.61 Å². The monoisotopic (exact) mass is 284 g/mol. The summed E-state index contributed by atoms with van der Waals surface area (Å²) in [5.74, 6) is 0.295. The van der Waals surface area contributed by atoms with Crippen molar-refractivity contribution in [1.82, 2.24) is 9.97 Å². The van der Waals surface area contributed by atoms with Crippen molar-refractivity contribution in [3.05, 3.63) is 40.4 Å². The van der Waals surface area contributed by atoms with E-state index >= 15 is 0 Å². The molecule has 1 aromatic carbocycles. The summed E-state index contributed by atoms with van der Waals surface area (Å²) in [6, 6.07) is 6.20. The smallest absolute Gasteiger partial charge is 0.139 e. The molecule has 0 bridgehead atoms. The van der Waals surface area contributed by atoms with Gasteiger partial charge >= 0.3 is 0 Å². The van der Waals surface area contributed by atoms with Crippen LogP contribution >= 0.6 is 15.9 Å². The van der Waals surface area contributed by atoms with Crippen LogP contribution in [0.2, 0.25) is 0 Å². The lowest BCUT2D eigenvalue weighted by Gasteiger charge is -1.96.